The lowest BCUT2D eigenvalue weighted by Crippen LogP contribution is -2.55. The number of nitrogens with one attached hydrogen (secondary N) is 5. The lowest BCUT2D eigenvalue weighted by Gasteiger charge is -2.24. The second-order valence-corrected chi connectivity index (χ2v) is 11.5. The number of ketones is 1. The number of unbranched alkanes of at least 4 members (excludes halogenated alkanes) is 2. The summed E-state index contributed by atoms with van der Waals surface area (Å²) < 4.78 is 0. The first-order chi connectivity index (χ1) is 19.6. The van der Waals surface area contributed by atoms with Crippen molar-refractivity contribution in [1.82, 2.24) is 26.3 Å². The summed E-state index contributed by atoms with van der Waals surface area (Å²) in [5, 5.41) is 12.4. The molecule has 1 saturated heterocycles. The monoisotopic (exact) mass is 567 g/mol. The van der Waals surface area contributed by atoms with Crippen LogP contribution < -0.4 is 21.3 Å². The zero-order valence-electron chi connectivity index (χ0n) is 24.7. The molecule has 0 aliphatic carbocycles. The van der Waals surface area contributed by atoms with Crippen molar-refractivity contribution in [2.45, 2.75) is 110 Å². The smallest absolute Gasteiger partial charge is 0.243 e. The van der Waals surface area contributed by atoms with Crippen molar-refractivity contribution in [3.8, 4) is 0 Å². The van der Waals surface area contributed by atoms with Gasteiger partial charge in [0.1, 0.15) is 23.9 Å². The van der Waals surface area contributed by atoms with Crippen LogP contribution in [0.3, 0.4) is 0 Å². The molecular formula is C31H45N5O5. The number of fused-ring (bicyclic) bond motifs is 1. The molecule has 2 heterocycles. The fourth-order valence-corrected chi connectivity index (χ4v) is 5.19. The molecule has 4 atom stereocenters. The van der Waals surface area contributed by atoms with Gasteiger partial charge in [-0.15, -0.1) is 0 Å². The normalized spacial score (nSPS) is 22.7. The Labute approximate surface area is 242 Å². The molecule has 2 aromatic rings. The molecule has 224 valence electrons. The van der Waals surface area contributed by atoms with E-state index in [1.165, 1.54) is 0 Å². The summed E-state index contributed by atoms with van der Waals surface area (Å²) in [6.45, 7) is 7.32. The number of amides is 4. The Morgan fingerprint density at radius 2 is 1.63 bits per heavy atom. The lowest BCUT2D eigenvalue weighted by atomic mass is 9.99. The number of carbonyl (C=O) groups excluding carboxylic acids is 5. The number of hydrogen-bond acceptors (Lipinski definition) is 5. The van der Waals surface area contributed by atoms with Crippen LogP contribution in [0.25, 0.3) is 10.9 Å². The minimum atomic E-state index is -0.894. The second-order valence-electron chi connectivity index (χ2n) is 11.5. The minimum absolute atomic E-state index is 0.0253. The van der Waals surface area contributed by atoms with Gasteiger partial charge in [-0.2, -0.15) is 0 Å². The highest BCUT2D eigenvalue weighted by atomic mass is 16.2. The molecule has 1 fully saturated rings. The van der Waals surface area contributed by atoms with Crippen LogP contribution in [0.4, 0.5) is 0 Å². The fourth-order valence-electron chi connectivity index (χ4n) is 5.19. The second kappa shape index (κ2) is 15.3. The van der Waals surface area contributed by atoms with E-state index >= 15 is 0 Å². The molecule has 0 bridgehead atoms. The van der Waals surface area contributed by atoms with E-state index in [1.807, 2.05) is 51.2 Å². The number of para-hydroxylation sites is 1. The van der Waals surface area contributed by atoms with E-state index < -0.39 is 36.0 Å². The standard InChI is InChI=1S/C31H45N5O5/c1-5-23(37)11-7-6-8-14-26-30(40)34-22(16-21-18-32-25-13-10-9-12-24(21)25)17-28(38)35-27(15-19(2)3)31(41)33-20(4)29(39)36-26/h9-10,12-13,18-20,22,26-27,32H,5-8,11,14-17H2,1-4H3,(H,33,41)(H,34,40)(H,35,38)(H,36,39)/t20-,22-,26-,27-/m0/s1. The Kier molecular flexibility index (Phi) is 11.9. The van der Waals surface area contributed by atoms with E-state index in [0.29, 0.717) is 38.5 Å². The van der Waals surface area contributed by atoms with E-state index in [9.17, 15) is 24.0 Å². The topological polar surface area (TPSA) is 149 Å². The lowest BCUT2D eigenvalue weighted by molar-refractivity contribution is -0.133. The Morgan fingerprint density at radius 3 is 2.37 bits per heavy atom. The van der Waals surface area contributed by atoms with Gasteiger partial charge in [0.2, 0.25) is 23.6 Å². The third kappa shape index (κ3) is 9.72. The third-order valence-electron chi connectivity index (χ3n) is 7.51. The maximum atomic E-state index is 13.6. The molecule has 1 aromatic heterocycles. The van der Waals surface area contributed by atoms with Gasteiger partial charge in [-0.25, -0.2) is 0 Å². The van der Waals surface area contributed by atoms with Gasteiger partial charge >= 0.3 is 0 Å². The van der Waals surface area contributed by atoms with Crippen molar-refractivity contribution in [1.29, 1.82) is 0 Å². The summed E-state index contributed by atoms with van der Waals surface area (Å²) in [5.41, 5.74) is 1.91. The summed E-state index contributed by atoms with van der Waals surface area (Å²) in [6.07, 6.45) is 6.15. The van der Waals surface area contributed by atoms with Crippen LogP contribution in [-0.2, 0) is 30.4 Å². The number of benzene rings is 1. The predicted octanol–water partition coefficient (Wildman–Crippen LogP) is 3.05. The van der Waals surface area contributed by atoms with Crippen molar-refractivity contribution in [3.63, 3.8) is 0 Å². The Hall–Kier alpha value is -3.69. The number of aromatic amines is 1. The van der Waals surface area contributed by atoms with Crippen LogP contribution in [0.2, 0.25) is 0 Å². The van der Waals surface area contributed by atoms with Crippen molar-refractivity contribution >= 4 is 40.3 Å². The number of hydrogen-bond donors (Lipinski definition) is 5. The summed E-state index contributed by atoms with van der Waals surface area (Å²) in [7, 11) is 0. The molecule has 1 aliphatic rings. The van der Waals surface area contributed by atoms with E-state index in [-0.39, 0.29) is 29.9 Å². The average molecular weight is 568 g/mol. The van der Waals surface area contributed by atoms with E-state index in [4.69, 9.17) is 0 Å². The summed E-state index contributed by atoms with van der Waals surface area (Å²) in [6, 6.07) is 4.71. The maximum absolute atomic E-state index is 13.6. The quantitative estimate of drug-likeness (QED) is 0.265. The molecule has 0 unspecified atom stereocenters. The van der Waals surface area contributed by atoms with Gasteiger partial charge in [0, 0.05) is 42.4 Å². The van der Waals surface area contributed by atoms with Crippen molar-refractivity contribution in [3.05, 3.63) is 36.0 Å². The van der Waals surface area contributed by atoms with Crippen molar-refractivity contribution in [2.24, 2.45) is 5.92 Å². The molecule has 4 amide bonds. The highest BCUT2D eigenvalue weighted by molar-refractivity contribution is 5.95. The Bertz CT molecular complexity index is 1220. The Morgan fingerprint density at radius 1 is 0.902 bits per heavy atom. The predicted molar refractivity (Wildman–Crippen MR) is 158 cm³/mol. The fraction of sp³-hybridized carbons (Fsp3) is 0.581. The molecule has 41 heavy (non-hydrogen) atoms. The van der Waals surface area contributed by atoms with Crippen LogP contribution in [0, 0.1) is 5.92 Å². The SMILES string of the molecule is CCC(=O)CCCCC[C@@H]1NC(=O)[C@H](C)NC(=O)[C@H](CC(C)C)NC(=O)C[C@H](Cc2c[nH]c3ccccc23)NC1=O. The maximum Gasteiger partial charge on any atom is 0.243 e. The number of aromatic nitrogens is 1. The molecular weight excluding hydrogens is 522 g/mol. The Balaban J connectivity index is 1.84. The molecule has 0 radical (unpaired) electrons. The molecule has 1 aromatic carbocycles. The third-order valence-corrected chi connectivity index (χ3v) is 7.51. The van der Waals surface area contributed by atoms with Crippen LogP contribution in [0.5, 0.6) is 0 Å². The van der Waals surface area contributed by atoms with Crippen LogP contribution in [-0.4, -0.2) is 58.6 Å². The number of carbonyl (C=O) groups is 5. The molecule has 10 nitrogen and oxygen atoms in total. The highest BCUT2D eigenvalue weighted by Gasteiger charge is 2.31. The molecule has 10 heteroatoms. The zero-order chi connectivity index (χ0) is 29.9. The number of rotatable bonds is 11. The van der Waals surface area contributed by atoms with Crippen molar-refractivity contribution < 1.29 is 24.0 Å². The first-order valence-electron chi connectivity index (χ1n) is 14.8. The molecule has 1 aliphatic heterocycles. The van der Waals surface area contributed by atoms with Gasteiger partial charge in [-0.3, -0.25) is 24.0 Å². The largest absolute Gasteiger partial charge is 0.361 e. The van der Waals surface area contributed by atoms with Gasteiger partial charge in [0.05, 0.1) is 0 Å². The van der Waals surface area contributed by atoms with Gasteiger partial charge < -0.3 is 26.3 Å². The average Bonchev–Trinajstić information content (AvgIpc) is 3.33. The van der Waals surface area contributed by atoms with Crippen LogP contribution in [0.15, 0.2) is 30.5 Å². The first kappa shape index (κ1) is 31.8. The van der Waals surface area contributed by atoms with E-state index in [1.54, 1.807) is 6.92 Å². The number of Topliss-reactive ketones (excluding diaryl/α,β-unsaturated/α-hetero) is 1. The minimum Gasteiger partial charge on any atom is -0.361 e. The van der Waals surface area contributed by atoms with Crippen molar-refractivity contribution in [2.75, 3.05) is 0 Å². The van der Waals surface area contributed by atoms with Crippen LogP contribution in [0.1, 0.15) is 84.6 Å². The van der Waals surface area contributed by atoms with Crippen LogP contribution >= 0.6 is 0 Å². The summed E-state index contributed by atoms with van der Waals surface area (Å²) in [4.78, 5) is 67.8. The molecule has 0 spiro atoms. The van der Waals surface area contributed by atoms with Gasteiger partial charge in [0.25, 0.3) is 0 Å². The molecule has 3 rings (SSSR count). The molecule has 0 saturated carbocycles. The summed E-state index contributed by atoms with van der Waals surface area (Å²) in [5.74, 6) is -1.29. The zero-order valence-corrected chi connectivity index (χ0v) is 24.7. The van der Waals surface area contributed by atoms with Gasteiger partial charge in [-0.05, 0) is 50.2 Å². The number of H-pyrrole nitrogens is 1. The van der Waals surface area contributed by atoms with E-state index in [2.05, 4.69) is 26.3 Å². The van der Waals surface area contributed by atoms with Gasteiger partial charge in [0.15, 0.2) is 0 Å². The molecule has 5 N–H and O–H groups in total. The highest BCUT2D eigenvalue weighted by Crippen LogP contribution is 2.20. The van der Waals surface area contributed by atoms with Gasteiger partial charge in [-0.1, -0.05) is 51.8 Å². The van der Waals surface area contributed by atoms with E-state index in [0.717, 1.165) is 29.3 Å². The summed E-state index contributed by atoms with van der Waals surface area (Å²) >= 11 is 0. The first-order valence-corrected chi connectivity index (χ1v) is 14.8.